The number of carboxylic acids is 1. The Morgan fingerprint density at radius 3 is 2.09 bits per heavy atom. The van der Waals surface area contributed by atoms with E-state index in [1.807, 2.05) is 30.3 Å². The zero-order valence-corrected chi connectivity index (χ0v) is 12.0. The first-order valence-corrected chi connectivity index (χ1v) is 6.98. The van der Waals surface area contributed by atoms with E-state index in [0.717, 1.165) is 5.56 Å². The fourth-order valence-electron chi connectivity index (χ4n) is 2.51. The molecule has 0 radical (unpaired) electrons. The minimum Gasteiger partial charge on any atom is -0.507 e. The molecule has 0 atom stereocenters. The fourth-order valence-corrected chi connectivity index (χ4v) is 2.51. The molecule has 0 fully saturated rings. The number of hydrogen-bond acceptors (Lipinski definition) is 2. The predicted molar refractivity (Wildman–Crippen MR) is 85.9 cm³/mol. The van der Waals surface area contributed by atoms with Crippen LogP contribution in [0.1, 0.15) is 10.4 Å². The molecule has 0 saturated carbocycles. The minimum atomic E-state index is -1.23. The van der Waals surface area contributed by atoms with E-state index in [1.54, 1.807) is 6.07 Å². The summed E-state index contributed by atoms with van der Waals surface area (Å²) in [7, 11) is 0. The molecule has 0 heterocycles. The summed E-state index contributed by atoms with van der Waals surface area (Å²) in [6, 6.07) is 17.9. The van der Waals surface area contributed by atoms with Crippen LogP contribution in [0.5, 0.6) is 5.75 Å². The standard InChI is InChI=1S/C19H13FO3/c20-15-8-6-13(7-9-15)16-10-14(12-4-2-1-3-5-12)11-17(21)18(16)19(22)23/h1-11,21H,(H,22,23). The van der Waals surface area contributed by atoms with E-state index in [1.165, 1.54) is 30.3 Å². The predicted octanol–water partition coefficient (Wildman–Crippen LogP) is 4.56. The molecule has 0 aliphatic carbocycles. The van der Waals surface area contributed by atoms with Gasteiger partial charge in [-0.05, 0) is 41.0 Å². The second kappa shape index (κ2) is 5.93. The smallest absolute Gasteiger partial charge is 0.340 e. The molecule has 0 amide bonds. The average Bonchev–Trinajstić information content (AvgIpc) is 2.55. The summed E-state index contributed by atoms with van der Waals surface area (Å²) in [5, 5.41) is 19.6. The molecule has 0 aliphatic heterocycles. The van der Waals surface area contributed by atoms with Gasteiger partial charge in [0.15, 0.2) is 0 Å². The van der Waals surface area contributed by atoms with Crippen molar-refractivity contribution in [1.82, 2.24) is 0 Å². The van der Waals surface area contributed by atoms with E-state index in [2.05, 4.69) is 0 Å². The van der Waals surface area contributed by atoms with Crippen LogP contribution in [0.25, 0.3) is 22.3 Å². The van der Waals surface area contributed by atoms with Gasteiger partial charge in [0.2, 0.25) is 0 Å². The average molecular weight is 308 g/mol. The number of aromatic carboxylic acids is 1. The molecule has 3 aromatic carbocycles. The number of phenols is 1. The van der Waals surface area contributed by atoms with E-state index < -0.39 is 11.8 Å². The highest BCUT2D eigenvalue weighted by atomic mass is 19.1. The molecule has 4 heteroatoms. The quantitative estimate of drug-likeness (QED) is 0.745. The van der Waals surface area contributed by atoms with Crippen molar-refractivity contribution in [3.05, 3.63) is 78.1 Å². The molecular formula is C19H13FO3. The van der Waals surface area contributed by atoms with Crippen molar-refractivity contribution in [3.8, 4) is 28.0 Å². The van der Waals surface area contributed by atoms with Crippen molar-refractivity contribution in [2.24, 2.45) is 0 Å². The number of aromatic hydroxyl groups is 1. The van der Waals surface area contributed by atoms with Crippen molar-refractivity contribution in [3.63, 3.8) is 0 Å². The molecule has 3 nitrogen and oxygen atoms in total. The van der Waals surface area contributed by atoms with E-state index in [0.29, 0.717) is 16.7 Å². The highest BCUT2D eigenvalue weighted by Gasteiger charge is 2.18. The van der Waals surface area contributed by atoms with Crippen LogP contribution in [0.2, 0.25) is 0 Å². The summed E-state index contributed by atoms with van der Waals surface area (Å²) < 4.78 is 13.1. The van der Waals surface area contributed by atoms with Gasteiger partial charge in [-0.3, -0.25) is 0 Å². The number of carboxylic acid groups (broad SMARTS) is 1. The fraction of sp³-hybridized carbons (Fsp3) is 0. The van der Waals surface area contributed by atoms with Gasteiger partial charge in [-0.1, -0.05) is 42.5 Å². The van der Waals surface area contributed by atoms with E-state index in [9.17, 15) is 19.4 Å². The van der Waals surface area contributed by atoms with Crippen LogP contribution >= 0.6 is 0 Å². The van der Waals surface area contributed by atoms with E-state index >= 15 is 0 Å². The number of hydrogen-bond donors (Lipinski definition) is 2. The Kier molecular flexibility index (Phi) is 3.81. The molecule has 0 unspecified atom stereocenters. The largest absolute Gasteiger partial charge is 0.507 e. The minimum absolute atomic E-state index is 0.198. The van der Waals surface area contributed by atoms with Gasteiger partial charge in [0, 0.05) is 5.56 Å². The lowest BCUT2D eigenvalue weighted by molar-refractivity contribution is 0.0694. The Morgan fingerprint density at radius 1 is 0.826 bits per heavy atom. The van der Waals surface area contributed by atoms with Gasteiger partial charge >= 0.3 is 5.97 Å². The number of rotatable bonds is 3. The Labute approximate surface area is 132 Å². The zero-order chi connectivity index (χ0) is 16.4. The lowest BCUT2D eigenvalue weighted by Gasteiger charge is -2.12. The second-order valence-corrected chi connectivity index (χ2v) is 5.10. The van der Waals surface area contributed by atoms with Crippen molar-refractivity contribution < 1.29 is 19.4 Å². The van der Waals surface area contributed by atoms with Crippen LogP contribution in [-0.2, 0) is 0 Å². The van der Waals surface area contributed by atoms with Crippen LogP contribution in [0.3, 0.4) is 0 Å². The van der Waals surface area contributed by atoms with Gasteiger partial charge in [0.05, 0.1) is 0 Å². The first kappa shape index (κ1) is 14.8. The maximum atomic E-state index is 13.1. The van der Waals surface area contributed by atoms with Gasteiger partial charge < -0.3 is 10.2 Å². The van der Waals surface area contributed by atoms with E-state index in [-0.39, 0.29) is 11.3 Å². The molecule has 3 aromatic rings. The van der Waals surface area contributed by atoms with E-state index in [4.69, 9.17) is 0 Å². The first-order chi connectivity index (χ1) is 11.1. The van der Waals surface area contributed by atoms with Gasteiger partial charge in [0.25, 0.3) is 0 Å². The topological polar surface area (TPSA) is 57.5 Å². The molecule has 2 N–H and O–H groups in total. The molecular weight excluding hydrogens is 295 g/mol. The molecule has 23 heavy (non-hydrogen) atoms. The van der Waals surface area contributed by atoms with Crippen molar-refractivity contribution in [2.75, 3.05) is 0 Å². The SMILES string of the molecule is O=C(O)c1c(O)cc(-c2ccccc2)cc1-c1ccc(F)cc1. The van der Waals surface area contributed by atoms with Crippen LogP contribution < -0.4 is 0 Å². The second-order valence-electron chi connectivity index (χ2n) is 5.10. The maximum absolute atomic E-state index is 13.1. The Morgan fingerprint density at radius 2 is 1.48 bits per heavy atom. The molecule has 114 valence electrons. The Hall–Kier alpha value is -3.14. The number of carbonyl (C=O) groups is 1. The normalized spacial score (nSPS) is 10.5. The highest BCUT2D eigenvalue weighted by Crippen LogP contribution is 2.35. The third-order valence-electron chi connectivity index (χ3n) is 3.59. The Balaban J connectivity index is 2.25. The third-order valence-corrected chi connectivity index (χ3v) is 3.59. The number of halogens is 1. The summed E-state index contributed by atoms with van der Waals surface area (Å²) >= 11 is 0. The zero-order valence-electron chi connectivity index (χ0n) is 12.0. The summed E-state index contributed by atoms with van der Waals surface area (Å²) in [6.07, 6.45) is 0. The van der Waals surface area contributed by atoms with Gasteiger partial charge in [-0.25, -0.2) is 9.18 Å². The van der Waals surface area contributed by atoms with Gasteiger partial charge in [-0.2, -0.15) is 0 Å². The monoisotopic (exact) mass is 308 g/mol. The lowest BCUT2D eigenvalue weighted by Crippen LogP contribution is -2.01. The molecule has 0 bridgehead atoms. The molecule has 0 saturated heterocycles. The summed E-state index contributed by atoms with van der Waals surface area (Å²) in [5.41, 5.74) is 2.21. The molecule has 0 aliphatic rings. The van der Waals surface area contributed by atoms with Crippen LogP contribution in [0, 0.1) is 5.82 Å². The summed E-state index contributed by atoms with van der Waals surface area (Å²) in [4.78, 5) is 11.5. The van der Waals surface area contributed by atoms with Crippen molar-refractivity contribution in [2.45, 2.75) is 0 Å². The number of benzene rings is 3. The van der Waals surface area contributed by atoms with Gasteiger partial charge in [0.1, 0.15) is 17.1 Å². The van der Waals surface area contributed by atoms with Crippen LogP contribution in [0.15, 0.2) is 66.7 Å². The van der Waals surface area contributed by atoms with Crippen LogP contribution in [-0.4, -0.2) is 16.2 Å². The van der Waals surface area contributed by atoms with Gasteiger partial charge in [-0.15, -0.1) is 0 Å². The highest BCUT2D eigenvalue weighted by molar-refractivity contribution is 6.00. The first-order valence-electron chi connectivity index (χ1n) is 6.98. The van der Waals surface area contributed by atoms with Crippen molar-refractivity contribution >= 4 is 5.97 Å². The van der Waals surface area contributed by atoms with Crippen LogP contribution in [0.4, 0.5) is 4.39 Å². The molecule has 3 rings (SSSR count). The van der Waals surface area contributed by atoms with Crippen molar-refractivity contribution in [1.29, 1.82) is 0 Å². The summed E-state index contributed by atoms with van der Waals surface area (Å²) in [6.45, 7) is 0. The molecule has 0 spiro atoms. The third kappa shape index (κ3) is 2.92. The lowest BCUT2D eigenvalue weighted by atomic mass is 9.93. The molecule has 0 aromatic heterocycles. The summed E-state index contributed by atoms with van der Waals surface area (Å²) in [5.74, 6) is -1.96. The Bertz CT molecular complexity index is 856. The maximum Gasteiger partial charge on any atom is 0.340 e.